The van der Waals surface area contributed by atoms with Crippen molar-refractivity contribution < 1.29 is 9.47 Å². The molecule has 220 valence electrons. The monoisotopic (exact) mass is 583 g/mol. The molecule has 9 nitrogen and oxygen atoms in total. The van der Waals surface area contributed by atoms with E-state index in [-0.39, 0.29) is 0 Å². The fraction of sp³-hybridized carbons (Fsp3) is 0.171. The smallest absolute Gasteiger partial charge is 0.229 e. The Hall–Kier alpha value is -5.57. The predicted octanol–water partition coefficient (Wildman–Crippen LogP) is 7.07. The van der Waals surface area contributed by atoms with E-state index in [2.05, 4.69) is 56.6 Å². The standard InChI is InChI=1S/C35H33N7O2/c1-23-7-12-27-20-28(13-18-32(27)37-23)40-33-31(6-5-19-36-33)34-38-24(2)39-35(41-34)42(21-25-8-14-29(43-3)15-9-25)22-26-10-16-30(44-4)17-11-26/h5-20H,21-22H2,1-4H3,(H,36,40). The highest BCUT2D eigenvalue weighted by atomic mass is 16.5. The number of nitrogens with zero attached hydrogens (tertiary/aromatic N) is 6. The van der Waals surface area contributed by atoms with Crippen LogP contribution in [0, 0.1) is 13.8 Å². The van der Waals surface area contributed by atoms with Gasteiger partial charge in [0, 0.05) is 36.1 Å². The number of pyridine rings is 2. The Kier molecular flexibility index (Phi) is 8.27. The molecule has 0 aliphatic heterocycles. The van der Waals surface area contributed by atoms with E-state index in [1.165, 1.54) is 0 Å². The topological polar surface area (TPSA) is 98.2 Å². The summed E-state index contributed by atoms with van der Waals surface area (Å²) in [5, 5.41) is 4.52. The number of aromatic nitrogens is 5. The second-order valence-corrected chi connectivity index (χ2v) is 10.4. The summed E-state index contributed by atoms with van der Waals surface area (Å²) >= 11 is 0. The van der Waals surface area contributed by atoms with Crippen LogP contribution in [0.15, 0.2) is 97.2 Å². The van der Waals surface area contributed by atoms with Gasteiger partial charge in [0.25, 0.3) is 0 Å². The first-order chi connectivity index (χ1) is 21.5. The van der Waals surface area contributed by atoms with Gasteiger partial charge in [-0.1, -0.05) is 30.3 Å². The number of hydrogen-bond acceptors (Lipinski definition) is 9. The van der Waals surface area contributed by atoms with E-state index in [0.717, 1.165) is 50.5 Å². The number of ether oxygens (including phenoxy) is 2. The molecule has 3 aromatic carbocycles. The Labute approximate surface area is 256 Å². The highest BCUT2D eigenvalue weighted by molar-refractivity contribution is 5.84. The molecule has 0 amide bonds. The summed E-state index contributed by atoms with van der Waals surface area (Å²) in [5.74, 6) is 3.99. The van der Waals surface area contributed by atoms with Crippen molar-refractivity contribution in [1.29, 1.82) is 0 Å². The maximum Gasteiger partial charge on any atom is 0.229 e. The molecular formula is C35H33N7O2. The van der Waals surface area contributed by atoms with Gasteiger partial charge in [0.15, 0.2) is 5.82 Å². The summed E-state index contributed by atoms with van der Waals surface area (Å²) in [7, 11) is 3.33. The quantitative estimate of drug-likeness (QED) is 0.182. The Morgan fingerprint density at radius 2 is 1.39 bits per heavy atom. The molecule has 1 N–H and O–H groups in total. The maximum atomic E-state index is 5.36. The zero-order valence-corrected chi connectivity index (χ0v) is 25.2. The van der Waals surface area contributed by atoms with E-state index in [9.17, 15) is 0 Å². The summed E-state index contributed by atoms with van der Waals surface area (Å²) < 4.78 is 10.7. The third-order valence-corrected chi connectivity index (χ3v) is 7.22. The van der Waals surface area contributed by atoms with Crippen molar-refractivity contribution in [2.24, 2.45) is 0 Å². The van der Waals surface area contributed by atoms with Crippen LogP contribution in [0.4, 0.5) is 17.5 Å². The maximum absolute atomic E-state index is 5.36. The van der Waals surface area contributed by atoms with E-state index in [1.54, 1.807) is 20.4 Å². The van der Waals surface area contributed by atoms with E-state index in [0.29, 0.717) is 36.5 Å². The first-order valence-electron chi connectivity index (χ1n) is 14.3. The van der Waals surface area contributed by atoms with Gasteiger partial charge in [0.1, 0.15) is 23.1 Å². The van der Waals surface area contributed by atoms with Crippen molar-refractivity contribution in [2.45, 2.75) is 26.9 Å². The average molecular weight is 584 g/mol. The van der Waals surface area contributed by atoms with Crippen LogP contribution in [0.1, 0.15) is 22.6 Å². The second-order valence-electron chi connectivity index (χ2n) is 10.4. The average Bonchev–Trinajstić information content (AvgIpc) is 3.05. The summed E-state index contributed by atoms with van der Waals surface area (Å²) in [4.78, 5) is 25.9. The number of anilines is 3. The van der Waals surface area contributed by atoms with Crippen molar-refractivity contribution in [3.63, 3.8) is 0 Å². The summed E-state index contributed by atoms with van der Waals surface area (Å²) in [6.07, 6.45) is 1.76. The van der Waals surface area contributed by atoms with Crippen molar-refractivity contribution in [3.05, 3.63) is 120 Å². The minimum atomic E-state index is 0.538. The number of rotatable bonds is 10. The van der Waals surface area contributed by atoms with E-state index in [1.807, 2.05) is 68.4 Å². The molecule has 6 aromatic rings. The van der Waals surface area contributed by atoms with E-state index in [4.69, 9.17) is 24.4 Å². The van der Waals surface area contributed by atoms with Crippen LogP contribution < -0.4 is 19.7 Å². The summed E-state index contributed by atoms with van der Waals surface area (Å²) in [5.41, 5.74) is 5.81. The number of methoxy groups -OCH3 is 2. The second kappa shape index (κ2) is 12.7. The number of nitrogens with one attached hydrogen (secondary N) is 1. The minimum absolute atomic E-state index is 0.538. The lowest BCUT2D eigenvalue weighted by atomic mass is 10.1. The van der Waals surface area contributed by atoms with Crippen LogP contribution in [0.5, 0.6) is 11.5 Å². The van der Waals surface area contributed by atoms with Crippen molar-refractivity contribution in [3.8, 4) is 22.9 Å². The Morgan fingerprint density at radius 3 is 2.05 bits per heavy atom. The van der Waals surface area contributed by atoms with Crippen LogP contribution in [-0.2, 0) is 13.1 Å². The molecule has 0 bridgehead atoms. The lowest BCUT2D eigenvalue weighted by Gasteiger charge is -2.24. The molecule has 0 radical (unpaired) electrons. The Balaban J connectivity index is 1.35. The van der Waals surface area contributed by atoms with Crippen LogP contribution in [0.3, 0.4) is 0 Å². The number of benzene rings is 3. The first-order valence-corrected chi connectivity index (χ1v) is 14.3. The number of fused-ring (bicyclic) bond motifs is 1. The molecule has 0 saturated carbocycles. The van der Waals surface area contributed by atoms with Gasteiger partial charge in [-0.3, -0.25) is 4.98 Å². The fourth-order valence-electron chi connectivity index (χ4n) is 4.96. The van der Waals surface area contributed by atoms with Gasteiger partial charge >= 0.3 is 0 Å². The van der Waals surface area contributed by atoms with Crippen LogP contribution in [0.25, 0.3) is 22.3 Å². The third kappa shape index (κ3) is 6.57. The summed E-state index contributed by atoms with van der Waals surface area (Å²) in [6.45, 7) is 5.05. The molecule has 9 heteroatoms. The zero-order chi connectivity index (χ0) is 30.5. The molecule has 0 spiro atoms. The van der Waals surface area contributed by atoms with Gasteiger partial charge in [0.05, 0.1) is 25.3 Å². The SMILES string of the molecule is COc1ccc(CN(Cc2ccc(OC)cc2)c2nc(C)nc(-c3cccnc3Nc3ccc4nc(C)ccc4c3)n2)cc1. The zero-order valence-electron chi connectivity index (χ0n) is 25.2. The number of aryl methyl sites for hydroxylation is 2. The largest absolute Gasteiger partial charge is 0.497 e. The summed E-state index contributed by atoms with van der Waals surface area (Å²) in [6, 6.07) is 30.1. The predicted molar refractivity (Wildman–Crippen MR) is 173 cm³/mol. The molecule has 0 fully saturated rings. The van der Waals surface area contributed by atoms with Gasteiger partial charge in [-0.25, -0.2) is 9.97 Å². The minimum Gasteiger partial charge on any atom is -0.497 e. The van der Waals surface area contributed by atoms with Gasteiger partial charge in [-0.2, -0.15) is 9.97 Å². The van der Waals surface area contributed by atoms with Crippen LogP contribution in [-0.4, -0.2) is 39.1 Å². The number of hydrogen-bond donors (Lipinski definition) is 1. The fourth-order valence-corrected chi connectivity index (χ4v) is 4.96. The Morgan fingerprint density at radius 1 is 0.705 bits per heavy atom. The molecule has 0 aliphatic carbocycles. The molecule has 0 unspecified atom stereocenters. The highest BCUT2D eigenvalue weighted by Crippen LogP contribution is 2.29. The lowest BCUT2D eigenvalue weighted by Crippen LogP contribution is -2.25. The molecule has 0 aliphatic rings. The normalized spacial score (nSPS) is 10.9. The van der Waals surface area contributed by atoms with Gasteiger partial charge in [-0.15, -0.1) is 0 Å². The van der Waals surface area contributed by atoms with Gasteiger partial charge < -0.3 is 19.7 Å². The Bertz CT molecular complexity index is 1840. The van der Waals surface area contributed by atoms with Crippen LogP contribution >= 0.6 is 0 Å². The molecule has 3 heterocycles. The molecular weight excluding hydrogens is 550 g/mol. The molecule has 44 heavy (non-hydrogen) atoms. The molecule has 6 rings (SSSR count). The van der Waals surface area contributed by atoms with E-state index >= 15 is 0 Å². The lowest BCUT2D eigenvalue weighted by molar-refractivity contribution is 0.414. The third-order valence-electron chi connectivity index (χ3n) is 7.22. The molecule has 3 aromatic heterocycles. The first kappa shape index (κ1) is 28.5. The van der Waals surface area contributed by atoms with Crippen molar-refractivity contribution >= 4 is 28.4 Å². The van der Waals surface area contributed by atoms with Crippen molar-refractivity contribution in [1.82, 2.24) is 24.9 Å². The van der Waals surface area contributed by atoms with Gasteiger partial charge in [0.2, 0.25) is 5.95 Å². The molecule has 0 atom stereocenters. The van der Waals surface area contributed by atoms with Gasteiger partial charge in [-0.05, 0) is 85.6 Å². The van der Waals surface area contributed by atoms with E-state index < -0.39 is 0 Å². The molecule has 0 saturated heterocycles. The highest BCUT2D eigenvalue weighted by Gasteiger charge is 2.18. The van der Waals surface area contributed by atoms with Crippen molar-refractivity contribution in [2.75, 3.05) is 24.4 Å². The van der Waals surface area contributed by atoms with Crippen LogP contribution in [0.2, 0.25) is 0 Å².